The molecule has 0 fully saturated rings. The van der Waals surface area contributed by atoms with Crippen LogP contribution in [0.1, 0.15) is 38.5 Å². The highest BCUT2D eigenvalue weighted by molar-refractivity contribution is 5.84. The Hall–Kier alpha value is -0.790. The SMILES string of the molecule is O=C([O-])/C1=C/CCCCCC1. The lowest BCUT2D eigenvalue weighted by Gasteiger charge is -2.11. The highest BCUT2D eigenvalue weighted by Crippen LogP contribution is 2.15. The van der Waals surface area contributed by atoms with Crippen LogP contribution in [0.25, 0.3) is 0 Å². The summed E-state index contributed by atoms with van der Waals surface area (Å²) >= 11 is 0. The molecule has 1 aliphatic rings. The van der Waals surface area contributed by atoms with Crippen molar-refractivity contribution in [3.05, 3.63) is 11.6 Å². The Morgan fingerprint density at radius 3 is 2.73 bits per heavy atom. The Bertz CT molecular complexity index is 170. The number of hydrogen-bond donors (Lipinski definition) is 0. The molecule has 0 heterocycles. The van der Waals surface area contributed by atoms with E-state index in [2.05, 4.69) is 0 Å². The van der Waals surface area contributed by atoms with Gasteiger partial charge in [0.15, 0.2) is 0 Å². The van der Waals surface area contributed by atoms with Crippen LogP contribution in [0.5, 0.6) is 0 Å². The molecule has 0 saturated heterocycles. The van der Waals surface area contributed by atoms with Crippen molar-refractivity contribution in [2.24, 2.45) is 0 Å². The highest BCUT2D eigenvalue weighted by Gasteiger charge is 2.01. The molecule has 0 unspecified atom stereocenters. The van der Waals surface area contributed by atoms with Crippen molar-refractivity contribution in [2.45, 2.75) is 38.5 Å². The fourth-order valence-electron chi connectivity index (χ4n) is 1.38. The maximum Gasteiger partial charge on any atom is 0.0671 e. The van der Waals surface area contributed by atoms with E-state index in [9.17, 15) is 9.90 Å². The van der Waals surface area contributed by atoms with Gasteiger partial charge in [0.05, 0.1) is 5.97 Å². The largest absolute Gasteiger partial charge is 0.545 e. The smallest absolute Gasteiger partial charge is 0.0671 e. The van der Waals surface area contributed by atoms with E-state index in [1.807, 2.05) is 6.08 Å². The maximum atomic E-state index is 10.4. The summed E-state index contributed by atoms with van der Waals surface area (Å²) in [5.74, 6) is -0.980. The molecule has 0 radical (unpaired) electrons. The number of carbonyl (C=O) groups excluding carboxylic acids is 1. The zero-order chi connectivity index (χ0) is 8.10. The van der Waals surface area contributed by atoms with Crippen LogP contribution in [0, 0.1) is 0 Å². The molecule has 62 valence electrons. The first-order chi connectivity index (χ1) is 5.30. The van der Waals surface area contributed by atoms with Crippen molar-refractivity contribution < 1.29 is 9.90 Å². The Labute approximate surface area is 66.9 Å². The van der Waals surface area contributed by atoms with Gasteiger partial charge in [0.2, 0.25) is 0 Å². The van der Waals surface area contributed by atoms with Crippen LogP contribution in [0.4, 0.5) is 0 Å². The standard InChI is InChI=1S/C9H14O2/c10-9(11)8-6-4-2-1-3-5-7-8/h6H,1-5,7H2,(H,10,11)/p-1/b8-6+. The normalized spacial score (nSPS) is 24.5. The third-order valence-electron chi connectivity index (χ3n) is 2.05. The van der Waals surface area contributed by atoms with Crippen molar-refractivity contribution in [3.63, 3.8) is 0 Å². The van der Waals surface area contributed by atoms with Gasteiger partial charge in [0.25, 0.3) is 0 Å². The minimum Gasteiger partial charge on any atom is -0.545 e. The molecule has 0 aliphatic heterocycles. The number of carbonyl (C=O) groups is 1. The second-order valence-corrected chi connectivity index (χ2v) is 2.97. The first kappa shape index (κ1) is 8.31. The van der Waals surface area contributed by atoms with Gasteiger partial charge in [-0.1, -0.05) is 18.9 Å². The summed E-state index contributed by atoms with van der Waals surface area (Å²) in [5, 5.41) is 10.4. The molecule has 0 atom stereocenters. The van der Waals surface area contributed by atoms with E-state index in [-0.39, 0.29) is 0 Å². The average molecular weight is 153 g/mol. The van der Waals surface area contributed by atoms with Crippen molar-refractivity contribution in [2.75, 3.05) is 0 Å². The van der Waals surface area contributed by atoms with E-state index in [0.717, 1.165) is 25.7 Å². The van der Waals surface area contributed by atoms with Gasteiger partial charge in [-0.25, -0.2) is 0 Å². The van der Waals surface area contributed by atoms with Crippen molar-refractivity contribution in [1.29, 1.82) is 0 Å². The fourth-order valence-corrected chi connectivity index (χ4v) is 1.38. The molecule has 2 nitrogen and oxygen atoms in total. The van der Waals surface area contributed by atoms with Crippen LogP contribution in [-0.2, 0) is 4.79 Å². The quantitative estimate of drug-likeness (QED) is 0.564. The van der Waals surface area contributed by atoms with Crippen LogP contribution in [-0.4, -0.2) is 5.97 Å². The fraction of sp³-hybridized carbons (Fsp3) is 0.667. The van der Waals surface area contributed by atoms with Crippen molar-refractivity contribution in [3.8, 4) is 0 Å². The van der Waals surface area contributed by atoms with Crippen LogP contribution in [0.15, 0.2) is 11.6 Å². The predicted octanol–water partition coefficient (Wildman–Crippen LogP) is 1.02. The van der Waals surface area contributed by atoms with Gasteiger partial charge in [-0.2, -0.15) is 0 Å². The molecule has 11 heavy (non-hydrogen) atoms. The summed E-state index contributed by atoms with van der Waals surface area (Å²) in [7, 11) is 0. The van der Waals surface area contributed by atoms with E-state index >= 15 is 0 Å². The average Bonchev–Trinajstić information content (AvgIpc) is 1.84. The number of carboxylic acids is 1. The molecular formula is C9H13O2-. The van der Waals surface area contributed by atoms with Gasteiger partial charge in [-0.05, 0) is 31.3 Å². The molecule has 0 saturated carbocycles. The minimum absolute atomic E-state index is 0.504. The van der Waals surface area contributed by atoms with Crippen LogP contribution in [0.3, 0.4) is 0 Å². The maximum absolute atomic E-state index is 10.4. The van der Waals surface area contributed by atoms with Gasteiger partial charge in [-0.3, -0.25) is 0 Å². The van der Waals surface area contributed by atoms with Gasteiger partial charge < -0.3 is 9.90 Å². The van der Waals surface area contributed by atoms with Gasteiger partial charge in [0, 0.05) is 0 Å². The van der Waals surface area contributed by atoms with E-state index in [0.29, 0.717) is 12.0 Å². The summed E-state index contributed by atoms with van der Waals surface area (Å²) in [4.78, 5) is 10.4. The zero-order valence-electron chi connectivity index (χ0n) is 6.64. The van der Waals surface area contributed by atoms with Crippen molar-refractivity contribution >= 4 is 5.97 Å². The number of carboxylic acid groups (broad SMARTS) is 1. The lowest BCUT2D eigenvalue weighted by molar-refractivity contribution is -0.299. The molecule has 1 rings (SSSR count). The molecular weight excluding hydrogens is 140 g/mol. The molecule has 0 N–H and O–H groups in total. The molecule has 0 bridgehead atoms. The second-order valence-electron chi connectivity index (χ2n) is 2.97. The molecule has 0 aromatic heterocycles. The Morgan fingerprint density at radius 1 is 1.27 bits per heavy atom. The van der Waals surface area contributed by atoms with E-state index in [4.69, 9.17) is 0 Å². The molecule has 1 aliphatic carbocycles. The molecule has 2 heteroatoms. The summed E-state index contributed by atoms with van der Waals surface area (Å²) in [6.07, 6.45) is 7.93. The molecule has 0 amide bonds. The van der Waals surface area contributed by atoms with Crippen LogP contribution in [0.2, 0.25) is 0 Å². The van der Waals surface area contributed by atoms with E-state index in [1.165, 1.54) is 6.42 Å². The Morgan fingerprint density at radius 2 is 2.00 bits per heavy atom. The number of aliphatic carboxylic acids is 1. The van der Waals surface area contributed by atoms with E-state index in [1.54, 1.807) is 0 Å². The van der Waals surface area contributed by atoms with E-state index < -0.39 is 5.97 Å². The summed E-state index contributed by atoms with van der Waals surface area (Å²) in [5.41, 5.74) is 0.504. The third-order valence-corrected chi connectivity index (χ3v) is 2.05. The first-order valence-corrected chi connectivity index (χ1v) is 4.21. The first-order valence-electron chi connectivity index (χ1n) is 4.21. The highest BCUT2D eigenvalue weighted by atomic mass is 16.4. The Balaban J connectivity index is 2.52. The zero-order valence-corrected chi connectivity index (χ0v) is 6.64. The molecule has 0 aromatic rings. The summed E-state index contributed by atoms with van der Waals surface area (Å²) in [6, 6.07) is 0. The third kappa shape index (κ3) is 2.74. The predicted molar refractivity (Wildman–Crippen MR) is 40.8 cm³/mol. The monoisotopic (exact) mass is 153 g/mol. The Kier molecular flexibility index (Phi) is 3.14. The molecule has 0 spiro atoms. The summed E-state index contributed by atoms with van der Waals surface area (Å²) in [6.45, 7) is 0. The summed E-state index contributed by atoms with van der Waals surface area (Å²) < 4.78 is 0. The lowest BCUT2D eigenvalue weighted by Crippen LogP contribution is -2.24. The molecule has 0 aromatic carbocycles. The topological polar surface area (TPSA) is 40.1 Å². The second kappa shape index (κ2) is 4.16. The number of rotatable bonds is 1. The van der Waals surface area contributed by atoms with Gasteiger partial charge in [0.1, 0.15) is 0 Å². The van der Waals surface area contributed by atoms with Gasteiger partial charge in [-0.15, -0.1) is 0 Å². The number of hydrogen-bond acceptors (Lipinski definition) is 2. The number of allylic oxidation sites excluding steroid dienone is 1. The van der Waals surface area contributed by atoms with Crippen molar-refractivity contribution in [1.82, 2.24) is 0 Å². The lowest BCUT2D eigenvalue weighted by atomic mass is 10.0. The van der Waals surface area contributed by atoms with Crippen LogP contribution >= 0.6 is 0 Å². The van der Waals surface area contributed by atoms with Gasteiger partial charge >= 0.3 is 0 Å². The van der Waals surface area contributed by atoms with Crippen LogP contribution < -0.4 is 5.11 Å². The minimum atomic E-state index is -0.980.